The van der Waals surface area contributed by atoms with Crippen molar-refractivity contribution in [2.45, 2.75) is 38.3 Å². The predicted molar refractivity (Wildman–Crippen MR) is 68.8 cm³/mol. The van der Waals surface area contributed by atoms with Gasteiger partial charge in [-0.05, 0) is 27.0 Å². The molecule has 1 aromatic carbocycles. The fraction of sp³-hybridized carbons (Fsp3) is 0.571. The molecule has 5 heteroatoms. The normalized spacial score (nSPS) is 21.3. The number of fused-ring (bicyclic) bond motifs is 1. The third-order valence-electron chi connectivity index (χ3n) is 3.39. The second-order valence-electron chi connectivity index (χ2n) is 5.63. The maximum absolute atomic E-state index is 12.6. The Morgan fingerprint density at radius 2 is 2.16 bits per heavy atom. The van der Waals surface area contributed by atoms with Crippen LogP contribution in [0.4, 0.5) is 8.78 Å². The van der Waals surface area contributed by atoms with Crippen LogP contribution >= 0.6 is 0 Å². The molecule has 0 spiro atoms. The van der Waals surface area contributed by atoms with E-state index in [9.17, 15) is 13.9 Å². The molecule has 1 aromatic rings. The fourth-order valence-electron chi connectivity index (χ4n) is 2.54. The zero-order chi connectivity index (χ0) is 14.2. The van der Waals surface area contributed by atoms with Crippen LogP contribution < -0.4 is 4.74 Å². The van der Waals surface area contributed by atoms with Crippen LogP contribution in [-0.4, -0.2) is 35.6 Å². The molecule has 0 aromatic heterocycles. The van der Waals surface area contributed by atoms with Crippen molar-refractivity contribution >= 4 is 0 Å². The number of phenolic OH excluding ortho intramolecular Hbond substituents is 1. The van der Waals surface area contributed by atoms with E-state index in [1.807, 2.05) is 13.8 Å². The number of phenols is 1. The average Bonchev–Trinajstić information content (AvgIpc) is 2.24. The topological polar surface area (TPSA) is 32.7 Å². The number of benzene rings is 1. The van der Waals surface area contributed by atoms with E-state index >= 15 is 0 Å². The molecule has 1 atom stereocenters. The van der Waals surface area contributed by atoms with E-state index in [0.29, 0.717) is 12.2 Å². The van der Waals surface area contributed by atoms with E-state index in [-0.39, 0.29) is 18.3 Å². The molecule has 3 nitrogen and oxygen atoms in total. The highest BCUT2D eigenvalue weighted by molar-refractivity contribution is 5.44. The minimum atomic E-state index is -2.36. The number of halogens is 2. The standard InChI is InChI=1S/C14H19F2NO2/c1-14(2)7-11(17(3)8-13(15)16)10-5-4-9(18)6-12(10)19-14/h4-6,11,13,18H,7-8H2,1-3H3. The maximum Gasteiger partial charge on any atom is 0.251 e. The highest BCUT2D eigenvalue weighted by Crippen LogP contribution is 2.43. The average molecular weight is 271 g/mol. The number of aromatic hydroxyl groups is 1. The van der Waals surface area contributed by atoms with Gasteiger partial charge in [0.15, 0.2) is 0 Å². The van der Waals surface area contributed by atoms with Gasteiger partial charge in [-0.15, -0.1) is 0 Å². The summed E-state index contributed by atoms with van der Waals surface area (Å²) >= 11 is 0. The molecule has 0 aliphatic carbocycles. The number of ether oxygens (including phenoxy) is 1. The molecule has 19 heavy (non-hydrogen) atoms. The van der Waals surface area contributed by atoms with Gasteiger partial charge in [-0.3, -0.25) is 4.90 Å². The molecule has 1 N–H and O–H groups in total. The highest BCUT2D eigenvalue weighted by Gasteiger charge is 2.36. The lowest BCUT2D eigenvalue weighted by Gasteiger charge is -2.41. The molecule has 2 rings (SSSR count). The molecule has 0 amide bonds. The molecular weight excluding hydrogens is 252 g/mol. The van der Waals surface area contributed by atoms with Crippen LogP contribution in [0.2, 0.25) is 0 Å². The third-order valence-corrected chi connectivity index (χ3v) is 3.39. The summed E-state index contributed by atoms with van der Waals surface area (Å²) in [5.41, 5.74) is 0.405. The molecule has 0 fully saturated rings. The lowest BCUT2D eigenvalue weighted by molar-refractivity contribution is 0.0159. The van der Waals surface area contributed by atoms with Gasteiger partial charge in [0, 0.05) is 24.1 Å². The van der Waals surface area contributed by atoms with Gasteiger partial charge in [-0.2, -0.15) is 0 Å². The SMILES string of the molecule is CN(CC(F)F)C1CC(C)(C)Oc2cc(O)ccc21. The van der Waals surface area contributed by atoms with Crippen molar-refractivity contribution in [1.82, 2.24) is 4.90 Å². The Hall–Kier alpha value is -1.36. The summed E-state index contributed by atoms with van der Waals surface area (Å²) in [7, 11) is 1.69. The van der Waals surface area contributed by atoms with E-state index in [2.05, 4.69) is 0 Å². The predicted octanol–water partition coefficient (Wildman–Crippen LogP) is 3.19. The Balaban J connectivity index is 2.34. The monoisotopic (exact) mass is 271 g/mol. The first-order valence-electron chi connectivity index (χ1n) is 6.29. The van der Waals surface area contributed by atoms with Gasteiger partial charge in [-0.1, -0.05) is 6.07 Å². The summed E-state index contributed by atoms with van der Waals surface area (Å²) in [6.45, 7) is 3.56. The lowest BCUT2D eigenvalue weighted by atomic mass is 9.89. The molecule has 0 bridgehead atoms. The molecular formula is C14H19F2NO2. The fourth-order valence-corrected chi connectivity index (χ4v) is 2.54. The Kier molecular flexibility index (Phi) is 3.67. The highest BCUT2D eigenvalue weighted by atomic mass is 19.3. The van der Waals surface area contributed by atoms with Gasteiger partial charge in [0.2, 0.25) is 0 Å². The van der Waals surface area contributed by atoms with E-state index in [1.165, 1.54) is 0 Å². The van der Waals surface area contributed by atoms with Gasteiger partial charge in [0.1, 0.15) is 17.1 Å². The van der Waals surface area contributed by atoms with Crippen LogP contribution in [0, 0.1) is 0 Å². The van der Waals surface area contributed by atoms with Gasteiger partial charge in [0.25, 0.3) is 6.43 Å². The summed E-state index contributed by atoms with van der Waals surface area (Å²) < 4.78 is 30.9. The number of alkyl halides is 2. The van der Waals surface area contributed by atoms with Crippen LogP contribution in [-0.2, 0) is 0 Å². The van der Waals surface area contributed by atoms with Crippen LogP contribution in [0.15, 0.2) is 18.2 Å². The maximum atomic E-state index is 12.6. The van der Waals surface area contributed by atoms with Crippen molar-refractivity contribution in [3.8, 4) is 11.5 Å². The van der Waals surface area contributed by atoms with Crippen LogP contribution in [0.3, 0.4) is 0 Å². The summed E-state index contributed by atoms with van der Waals surface area (Å²) in [6.07, 6.45) is -1.73. The van der Waals surface area contributed by atoms with Gasteiger partial charge < -0.3 is 9.84 Å². The lowest BCUT2D eigenvalue weighted by Crippen LogP contribution is -2.41. The van der Waals surface area contributed by atoms with E-state index in [0.717, 1.165) is 5.56 Å². The Morgan fingerprint density at radius 1 is 1.47 bits per heavy atom. The van der Waals surface area contributed by atoms with Crippen molar-refractivity contribution in [2.75, 3.05) is 13.6 Å². The van der Waals surface area contributed by atoms with Crippen LogP contribution in [0.5, 0.6) is 11.5 Å². The van der Waals surface area contributed by atoms with Crippen molar-refractivity contribution in [3.63, 3.8) is 0 Å². The zero-order valence-electron chi connectivity index (χ0n) is 11.4. The minimum Gasteiger partial charge on any atom is -0.508 e. The molecule has 1 aliphatic rings. The van der Waals surface area contributed by atoms with Crippen LogP contribution in [0.25, 0.3) is 0 Å². The number of hydrogen-bond acceptors (Lipinski definition) is 3. The zero-order valence-corrected chi connectivity index (χ0v) is 11.4. The molecule has 1 aliphatic heterocycles. The Labute approximate surface area is 111 Å². The Morgan fingerprint density at radius 3 is 2.79 bits per heavy atom. The van der Waals surface area contributed by atoms with Crippen molar-refractivity contribution in [1.29, 1.82) is 0 Å². The van der Waals surface area contributed by atoms with Crippen molar-refractivity contribution < 1.29 is 18.6 Å². The van der Waals surface area contributed by atoms with Gasteiger partial charge in [0.05, 0.1) is 6.54 Å². The smallest absolute Gasteiger partial charge is 0.251 e. The van der Waals surface area contributed by atoms with Gasteiger partial charge >= 0.3 is 0 Å². The first kappa shape index (κ1) is 14.1. The van der Waals surface area contributed by atoms with Gasteiger partial charge in [-0.25, -0.2) is 8.78 Å². The largest absolute Gasteiger partial charge is 0.508 e. The second kappa shape index (κ2) is 4.96. The summed E-state index contributed by atoms with van der Waals surface area (Å²) in [6, 6.07) is 4.71. The first-order chi connectivity index (χ1) is 8.78. The minimum absolute atomic E-state index is 0.117. The first-order valence-corrected chi connectivity index (χ1v) is 6.29. The number of rotatable bonds is 3. The quantitative estimate of drug-likeness (QED) is 0.916. The summed E-state index contributed by atoms with van der Waals surface area (Å²) in [5.74, 6) is 0.689. The molecule has 1 unspecified atom stereocenters. The van der Waals surface area contributed by atoms with E-state index in [1.54, 1.807) is 30.1 Å². The van der Waals surface area contributed by atoms with Crippen molar-refractivity contribution in [2.24, 2.45) is 0 Å². The van der Waals surface area contributed by atoms with E-state index in [4.69, 9.17) is 4.74 Å². The number of hydrogen-bond donors (Lipinski definition) is 1. The summed E-state index contributed by atoms with van der Waals surface area (Å²) in [5, 5.41) is 9.52. The van der Waals surface area contributed by atoms with E-state index < -0.39 is 12.0 Å². The molecule has 0 saturated carbocycles. The summed E-state index contributed by atoms with van der Waals surface area (Å²) in [4.78, 5) is 1.64. The van der Waals surface area contributed by atoms with Crippen molar-refractivity contribution in [3.05, 3.63) is 23.8 Å². The van der Waals surface area contributed by atoms with Crippen LogP contribution in [0.1, 0.15) is 31.9 Å². The molecule has 106 valence electrons. The molecule has 1 heterocycles. The molecule has 0 saturated heterocycles. The number of nitrogens with zero attached hydrogens (tertiary/aromatic N) is 1. The third kappa shape index (κ3) is 3.15. The molecule has 0 radical (unpaired) electrons. The Bertz CT molecular complexity index is 463. The second-order valence-corrected chi connectivity index (χ2v) is 5.63.